The lowest BCUT2D eigenvalue weighted by Crippen LogP contribution is -2.40. The summed E-state index contributed by atoms with van der Waals surface area (Å²) in [6.07, 6.45) is -0.511. The smallest absolute Gasteiger partial charge is 0.262 e. The summed E-state index contributed by atoms with van der Waals surface area (Å²) in [5.41, 5.74) is 0.554. The van der Waals surface area contributed by atoms with Crippen LogP contribution in [0.1, 0.15) is 12.0 Å². The van der Waals surface area contributed by atoms with Crippen LogP contribution in [-0.2, 0) is 11.3 Å². The van der Waals surface area contributed by atoms with E-state index in [1.54, 1.807) is 0 Å². The summed E-state index contributed by atoms with van der Waals surface area (Å²) in [5, 5.41) is 4.98. The summed E-state index contributed by atoms with van der Waals surface area (Å²) in [4.78, 5) is 11.7. The lowest BCUT2D eigenvalue weighted by atomic mass is 10.1. The lowest BCUT2D eigenvalue weighted by Gasteiger charge is -2.12. The summed E-state index contributed by atoms with van der Waals surface area (Å²) in [6, 6.07) is 3.19. The molecule has 1 saturated heterocycles. The van der Waals surface area contributed by atoms with Crippen LogP contribution >= 0.6 is 28.3 Å². The van der Waals surface area contributed by atoms with Gasteiger partial charge >= 0.3 is 0 Å². The maximum atomic E-state index is 13.0. The second-order valence-corrected chi connectivity index (χ2v) is 5.30. The van der Waals surface area contributed by atoms with Gasteiger partial charge in [0.2, 0.25) is 5.91 Å². The topological polar surface area (TPSA) is 41.1 Å². The molecular weight excluding hydrogens is 360 g/mol. The van der Waals surface area contributed by atoms with Crippen molar-refractivity contribution >= 4 is 34.2 Å². The third-order valence-electron chi connectivity index (χ3n) is 2.89. The standard InChI is InChI=1S/C12H12BrF3N2O.ClH/c13-9-2-1-8(14)3-7(9)5-17-11(19)10-4-12(15,16)6-18-10;/h1-3,10,18H,4-6H2,(H,17,19);1H. The fourth-order valence-corrected chi connectivity index (χ4v) is 2.27. The van der Waals surface area contributed by atoms with Gasteiger partial charge in [0.25, 0.3) is 5.92 Å². The second kappa shape index (κ2) is 6.78. The number of benzene rings is 1. The van der Waals surface area contributed by atoms with E-state index < -0.39 is 36.7 Å². The van der Waals surface area contributed by atoms with Crippen LogP contribution in [0, 0.1) is 5.82 Å². The number of amides is 1. The molecule has 1 aromatic rings. The van der Waals surface area contributed by atoms with Gasteiger partial charge in [0.1, 0.15) is 5.82 Å². The van der Waals surface area contributed by atoms with E-state index in [1.165, 1.54) is 18.2 Å². The zero-order valence-electron chi connectivity index (χ0n) is 10.3. The minimum Gasteiger partial charge on any atom is -0.351 e. The van der Waals surface area contributed by atoms with Crippen molar-refractivity contribution in [2.45, 2.75) is 24.9 Å². The summed E-state index contributed by atoms with van der Waals surface area (Å²) in [6.45, 7) is -0.407. The molecular formula is C12H13BrClF3N2O. The van der Waals surface area contributed by atoms with E-state index in [0.717, 1.165) is 0 Å². The molecule has 0 aliphatic carbocycles. The lowest BCUT2D eigenvalue weighted by molar-refractivity contribution is -0.123. The Hall–Kier alpha value is -0.790. The second-order valence-electron chi connectivity index (χ2n) is 4.45. The van der Waals surface area contributed by atoms with Crippen LogP contribution in [-0.4, -0.2) is 24.4 Å². The van der Waals surface area contributed by atoms with Crippen LogP contribution in [0.15, 0.2) is 22.7 Å². The fraction of sp³-hybridized carbons (Fsp3) is 0.417. The zero-order valence-corrected chi connectivity index (χ0v) is 12.7. The number of carbonyl (C=O) groups excluding carboxylic acids is 1. The molecule has 2 rings (SSSR count). The number of halogens is 5. The van der Waals surface area contributed by atoms with Gasteiger partial charge in [-0.05, 0) is 23.8 Å². The first-order valence-electron chi connectivity index (χ1n) is 5.70. The normalized spacial score (nSPS) is 20.3. The van der Waals surface area contributed by atoms with E-state index in [1.807, 2.05) is 0 Å². The van der Waals surface area contributed by atoms with Crippen molar-refractivity contribution in [3.63, 3.8) is 0 Å². The minimum atomic E-state index is -2.85. The maximum Gasteiger partial charge on any atom is 0.262 e. The third-order valence-corrected chi connectivity index (χ3v) is 3.66. The van der Waals surface area contributed by atoms with Crippen LogP contribution in [0.4, 0.5) is 13.2 Å². The third kappa shape index (κ3) is 4.36. The van der Waals surface area contributed by atoms with Crippen LogP contribution in [0.2, 0.25) is 0 Å². The van der Waals surface area contributed by atoms with Crippen LogP contribution in [0.3, 0.4) is 0 Å². The van der Waals surface area contributed by atoms with Crippen molar-refractivity contribution in [1.82, 2.24) is 10.6 Å². The number of carbonyl (C=O) groups is 1. The van der Waals surface area contributed by atoms with E-state index in [2.05, 4.69) is 26.6 Å². The molecule has 1 aliphatic rings. The Balaban J connectivity index is 0.00000200. The molecule has 1 aliphatic heterocycles. The van der Waals surface area contributed by atoms with Gasteiger partial charge in [0.15, 0.2) is 0 Å². The number of rotatable bonds is 3. The molecule has 0 spiro atoms. The fourth-order valence-electron chi connectivity index (χ4n) is 1.89. The van der Waals surface area contributed by atoms with Crippen molar-refractivity contribution in [3.05, 3.63) is 34.1 Å². The highest BCUT2D eigenvalue weighted by Crippen LogP contribution is 2.25. The predicted octanol–water partition coefficient (Wildman–Crippen LogP) is 2.62. The molecule has 1 fully saturated rings. The highest BCUT2D eigenvalue weighted by Gasteiger charge is 2.42. The molecule has 0 aromatic heterocycles. The van der Waals surface area contributed by atoms with E-state index in [9.17, 15) is 18.0 Å². The average Bonchev–Trinajstić information content (AvgIpc) is 2.70. The van der Waals surface area contributed by atoms with E-state index >= 15 is 0 Å². The number of hydrogen-bond donors (Lipinski definition) is 2. The summed E-state index contributed by atoms with van der Waals surface area (Å²) in [5.74, 6) is -3.77. The molecule has 1 unspecified atom stereocenters. The molecule has 0 radical (unpaired) electrons. The van der Waals surface area contributed by atoms with Crippen molar-refractivity contribution < 1.29 is 18.0 Å². The number of nitrogens with one attached hydrogen (secondary N) is 2. The molecule has 8 heteroatoms. The Labute approximate surface area is 128 Å². The van der Waals surface area contributed by atoms with Gasteiger partial charge in [-0.3, -0.25) is 10.1 Å². The van der Waals surface area contributed by atoms with Crippen molar-refractivity contribution in [1.29, 1.82) is 0 Å². The average molecular weight is 374 g/mol. The molecule has 2 N–H and O–H groups in total. The Morgan fingerprint density at radius 2 is 2.20 bits per heavy atom. The Kier molecular flexibility index (Phi) is 5.85. The summed E-state index contributed by atoms with van der Waals surface area (Å²) in [7, 11) is 0. The first-order valence-corrected chi connectivity index (χ1v) is 6.49. The van der Waals surface area contributed by atoms with Gasteiger partial charge in [-0.25, -0.2) is 13.2 Å². The summed E-state index contributed by atoms with van der Waals surface area (Å²) >= 11 is 3.23. The molecule has 112 valence electrons. The van der Waals surface area contributed by atoms with Crippen molar-refractivity contribution in [2.24, 2.45) is 0 Å². The van der Waals surface area contributed by atoms with Gasteiger partial charge in [-0.2, -0.15) is 0 Å². The van der Waals surface area contributed by atoms with Crippen LogP contribution in [0.5, 0.6) is 0 Å². The van der Waals surface area contributed by atoms with Gasteiger partial charge in [-0.15, -0.1) is 12.4 Å². The van der Waals surface area contributed by atoms with Gasteiger partial charge in [0, 0.05) is 17.4 Å². The molecule has 1 atom stereocenters. The van der Waals surface area contributed by atoms with E-state index in [4.69, 9.17) is 0 Å². The first-order chi connectivity index (χ1) is 8.87. The highest BCUT2D eigenvalue weighted by atomic mass is 79.9. The molecule has 1 amide bonds. The Bertz CT molecular complexity index is 502. The largest absolute Gasteiger partial charge is 0.351 e. The minimum absolute atomic E-state index is 0. The SMILES string of the molecule is Cl.O=C(NCc1cc(F)ccc1Br)C1CC(F)(F)CN1. The van der Waals surface area contributed by atoms with Crippen LogP contribution in [0.25, 0.3) is 0 Å². The molecule has 0 bridgehead atoms. The number of alkyl halides is 2. The quantitative estimate of drug-likeness (QED) is 0.855. The van der Waals surface area contributed by atoms with Crippen LogP contribution < -0.4 is 10.6 Å². The van der Waals surface area contributed by atoms with Gasteiger partial charge < -0.3 is 5.32 Å². The summed E-state index contributed by atoms with van der Waals surface area (Å²) < 4.78 is 39.6. The molecule has 3 nitrogen and oxygen atoms in total. The van der Waals surface area contributed by atoms with E-state index in [-0.39, 0.29) is 19.0 Å². The molecule has 1 aromatic carbocycles. The molecule has 20 heavy (non-hydrogen) atoms. The van der Waals surface area contributed by atoms with Gasteiger partial charge in [0.05, 0.1) is 12.6 Å². The van der Waals surface area contributed by atoms with E-state index in [0.29, 0.717) is 10.0 Å². The number of hydrogen-bond acceptors (Lipinski definition) is 2. The molecule has 0 saturated carbocycles. The molecule has 1 heterocycles. The van der Waals surface area contributed by atoms with Gasteiger partial charge in [-0.1, -0.05) is 15.9 Å². The maximum absolute atomic E-state index is 13.0. The Morgan fingerprint density at radius 1 is 1.50 bits per heavy atom. The zero-order chi connectivity index (χ0) is 14.0. The van der Waals surface area contributed by atoms with Crippen molar-refractivity contribution in [2.75, 3.05) is 6.54 Å². The Morgan fingerprint density at radius 3 is 2.80 bits per heavy atom. The highest BCUT2D eigenvalue weighted by molar-refractivity contribution is 9.10. The first kappa shape index (κ1) is 17.3. The predicted molar refractivity (Wildman–Crippen MR) is 74.5 cm³/mol. The monoisotopic (exact) mass is 372 g/mol. The van der Waals surface area contributed by atoms with Crippen molar-refractivity contribution in [3.8, 4) is 0 Å².